The van der Waals surface area contributed by atoms with Gasteiger partial charge >= 0.3 is 0 Å². The third kappa shape index (κ3) is 3.94. The van der Waals surface area contributed by atoms with E-state index in [1.165, 1.54) is 11.1 Å². The Hall–Kier alpha value is -1.16. The highest BCUT2D eigenvalue weighted by Crippen LogP contribution is 2.14. The second-order valence-electron chi connectivity index (χ2n) is 5.66. The van der Waals surface area contributed by atoms with Gasteiger partial charge in [-0.05, 0) is 25.1 Å². The molecule has 2 heterocycles. The van der Waals surface area contributed by atoms with E-state index in [0.717, 1.165) is 57.1 Å². The molecule has 0 radical (unpaired) electrons. The number of benzene rings is 1. The molecular formula is C17H22ClN3. The molecule has 0 bridgehead atoms. The van der Waals surface area contributed by atoms with Gasteiger partial charge in [-0.2, -0.15) is 0 Å². The van der Waals surface area contributed by atoms with Gasteiger partial charge in [0.05, 0.1) is 11.2 Å². The lowest BCUT2D eigenvalue weighted by Gasteiger charge is -2.34. The zero-order valence-corrected chi connectivity index (χ0v) is 13.1. The van der Waals surface area contributed by atoms with Crippen LogP contribution < -0.4 is 0 Å². The number of para-hydroxylation sites is 1. The van der Waals surface area contributed by atoms with Crippen LogP contribution in [0.4, 0.5) is 0 Å². The maximum atomic E-state index is 5.76. The first-order chi connectivity index (χ1) is 10.3. The Kier molecular flexibility index (Phi) is 5.07. The van der Waals surface area contributed by atoms with Crippen molar-refractivity contribution in [2.75, 3.05) is 38.6 Å². The van der Waals surface area contributed by atoms with E-state index in [-0.39, 0.29) is 0 Å². The summed E-state index contributed by atoms with van der Waals surface area (Å²) < 4.78 is 0. The van der Waals surface area contributed by atoms with Crippen LogP contribution in [0.2, 0.25) is 0 Å². The van der Waals surface area contributed by atoms with Crippen LogP contribution in [-0.4, -0.2) is 53.4 Å². The SMILES string of the molecule is ClCCCN1CCN(Cc2ccc3ccccc3n2)CC1. The molecule has 0 amide bonds. The molecule has 3 nitrogen and oxygen atoms in total. The highest BCUT2D eigenvalue weighted by molar-refractivity contribution is 6.17. The first-order valence-electron chi connectivity index (χ1n) is 7.70. The second-order valence-corrected chi connectivity index (χ2v) is 6.03. The fourth-order valence-electron chi connectivity index (χ4n) is 2.88. The number of pyridine rings is 1. The van der Waals surface area contributed by atoms with Gasteiger partial charge in [0.25, 0.3) is 0 Å². The number of hydrogen-bond donors (Lipinski definition) is 0. The highest BCUT2D eigenvalue weighted by atomic mass is 35.5. The van der Waals surface area contributed by atoms with Crippen molar-refractivity contribution in [1.82, 2.24) is 14.8 Å². The normalized spacial score (nSPS) is 17.4. The predicted molar refractivity (Wildman–Crippen MR) is 88.8 cm³/mol. The zero-order valence-electron chi connectivity index (χ0n) is 12.3. The van der Waals surface area contributed by atoms with Crippen molar-refractivity contribution in [2.45, 2.75) is 13.0 Å². The van der Waals surface area contributed by atoms with Crippen LogP contribution >= 0.6 is 11.6 Å². The summed E-state index contributed by atoms with van der Waals surface area (Å²) >= 11 is 5.76. The number of piperazine rings is 1. The van der Waals surface area contributed by atoms with Gasteiger partial charge in [-0.1, -0.05) is 24.3 Å². The first kappa shape index (κ1) is 14.8. The molecular weight excluding hydrogens is 282 g/mol. The molecule has 2 aromatic rings. The number of nitrogens with zero attached hydrogens (tertiary/aromatic N) is 3. The summed E-state index contributed by atoms with van der Waals surface area (Å²) in [6.07, 6.45) is 1.09. The van der Waals surface area contributed by atoms with E-state index in [1.807, 2.05) is 0 Å². The lowest BCUT2D eigenvalue weighted by molar-refractivity contribution is 0.126. The zero-order chi connectivity index (χ0) is 14.5. The molecule has 21 heavy (non-hydrogen) atoms. The molecule has 1 aromatic heterocycles. The van der Waals surface area contributed by atoms with Gasteiger partial charge in [-0.15, -0.1) is 11.6 Å². The average molecular weight is 304 g/mol. The molecule has 0 spiro atoms. The molecule has 1 aliphatic rings. The summed E-state index contributed by atoms with van der Waals surface area (Å²) in [6, 6.07) is 12.6. The Morgan fingerprint density at radius 3 is 2.52 bits per heavy atom. The van der Waals surface area contributed by atoms with Crippen molar-refractivity contribution in [1.29, 1.82) is 0 Å². The number of halogens is 1. The first-order valence-corrected chi connectivity index (χ1v) is 8.24. The van der Waals surface area contributed by atoms with E-state index in [1.54, 1.807) is 0 Å². The summed E-state index contributed by atoms with van der Waals surface area (Å²) in [7, 11) is 0. The van der Waals surface area contributed by atoms with Gasteiger partial charge in [0, 0.05) is 44.0 Å². The van der Waals surface area contributed by atoms with Gasteiger partial charge in [0.2, 0.25) is 0 Å². The van der Waals surface area contributed by atoms with Crippen molar-refractivity contribution in [2.24, 2.45) is 0 Å². The molecule has 0 N–H and O–H groups in total. The van der Waals surface area contributed by atoms with Gasteiger partial charge < -0.3 is 4.90 Å². The topological polar surface area (TPSA) is 19.4 Å². The maximum Gasteiger partial charge on any atom is 0.0705 e. The smallest absolute Gasteiger partial charge is 0.0705 e. The number of rotatable bonds is 5. The Balaban J connectivity index is 1.56. The minimum absolute atomic E-state index is 0.765. The lowest BCUT2D eigenvalue weighted by atomic mass is 10.2. The van der Waals surface area contributed by atoms with Gasteiger partial charge in [0.15, 0.2) is 0 Å². The monoisotopic (exact) mass is 303 g/mol. The molecule has 1 aromatic carbocycles. The van der Waals surface area contributed by atoms with E-state index in [4.69, 9.17) is 16.6 Å². The summed E-state index contributed by atoms with van der Waals surface area (Å²) in [5.74, 6) is 0.765. The average Bonchev–Trinajstić information content (AvgIpc) is 2.54. The predicted octanol–water partition coefficient (Wildman–Crippen LogP) is 2.98. The summed E-state index contributed by atoms with van der Waals surface area (Å²) in [6.45, 7) is 6.61. The van der Waals surface area contributed by atoms with Crippen molar-refractivity contribution in [3.05, 3.63) is 42.1 Å². The fraction of sp³-hybridized carbons (Fsp3) is 0.471. The minimum atomic E-state index is 0.765. The Labute approximate surface area is 131 Å². The Bertz CT molecular complexity index is 579. The quantitative estimate of drug-likeness (QED) is 0.792. The Morgan fingerprint density at radius 2 is 1.71 bits per heavy atom. The largest absolute Gasteiger partial charge is 0.301 e. The van der Waals surface area contributed by atoms with E-state index in [2.05, 4.69) is 46.2 Å². The Morgan fingerprint density at radius 1 is 0.952 bits per heavy atom. The summed E-state index contributed by atoms with van der Waals surface area (Å²) in [5, 5.41) is 1.21. The molecule has 0 aliphatic carbocycles. The number of fused-ring (bicyclic) bond motifs is 1. The van der Waals surface area contributed by atoms with Crippen LogP contribution in [0.25, 0.3) is 10.9 Å². The van der Waals surface area contributed by atoms with Crippen LogP contribution in [0.15, 0.2) is 36.4 Å². The number of hydrogen-bond acceptors (Lipinski definition) is 3. The summed E-state index contributed by atoms with van der Waals surface area (Å²) in [5.41, 5.74) is 2.26. The van der Waals surface area contributed by atoms with E-state index in [9.17, 15) is 0 Å². The van der Waals surface area contributed by atoms with Gasteiger partial charge in [0.1, 0.15) is 0 Å². The molecule has 112 valence electrons. The van der Waals surface area contributed by atoms with Crippen LogP contribution in [-0.2, 0) is 6.54 Å². The van der Waals surface area contributed by atoms with Gasteiger partial charge in [-0.3, -0.25) is 9.88 Å². The van der Waals surface area contributed by atoms with Crippen molar-refractivity contribution in [3.8, 4) is 0 Å². The van der Waals surface area contributed by atoms with Crippen molar-refractivity contribution in [3.63, 3.8) is 0 Å². The molecule has 1 fully saturated rings. The molecule has 1 aliphatic heterocycles. The van der Waals surface area contributed by atoms with E-state index < -0.39 is 0 Å². The lowest BCUT2D eigenvalue weighted by Crippen LogP contribution is -2.46. The van der Waals surface area contributed by atoms with Crippen LogP contribution in [0, 0.1) is 0 Å². The maximum absolute atomic E-state index is 5.76. The minimum Gasteiger partial charge on any atom is -0.301 e. The molecule has 1 saturated heterocycles. The molecule has 0 saturated carbocycles. The van der Waals surface area contributed by atoms with Crippen LogP contribution in [0.5, 0.6) is 0 Å². The number of alkyl halides is 1. The van der Waals surface area contributed by atoms with Crippen molar-refractivity contribution >= 4 is 22.5 Å². The van der Waals surface area contributed by atoms with Gasteiger partial charge in [-0.25, -0.2) is 0 Å². The van der Waals surface area contributed by atoms with E-state index >= 15 is 0 Å². The second kappa shape index (κ2) is 7.21. The standard InChI is InChI=1S/C17H22ClN3/c18-8-3-9-20-10-12-21(13-11-20)14-16-7-6-15-4-1-2-5-17(15)19-16/h1-2,4-7H,3,8-14H2. The third-order valence-electron chi connectivity index (χ3n) is 4.11. The molecule has 0 atom stereocenters. The van der Waals surface area contributed by atoms with Crippen LogP contribution in [0.3, 0.4) is 0 Å². The summed E-state index contributed by atoms with van der Waals surface area (Å²) in [4.78, 5) is 9.77. The fourth-order valence-corrected chi connectivity index (χ4v) is 3.00. The van der Waals surface area contributed by atoms with Crippen LogP contribution in [0.1, 0.15) is 12.1 Å². The van der Waals surface area contributed by atoms with Crippen molar-refractivity contribution < 1.29 is 0 Å². The third-order valence-corrected chi connectivity index (χ3v) is 4.38. The molecule has 4 heteroatoms. The highest BCUT2D eigenvalue weighted by Gasteiger charge is 2.16. The van der Waals surface area contributed by atoms with E-state index in [0.29, 0.717) is 0 Å². The molecule has 3 rings (SSSR count). The number of aromatic nitrogens is 1. The molecule has 0 unspecified atom stereocenters.